The molecule has 0 fully saturated rings. The fraction of sp³-hybridized carbons (Fsp3) is 0.143. The van der Waals surface area contributed by atoms with Crippen molar-refractivity contribution in [2.24, 2.45) is 5.84 Å². The summed E-state index contributed by atoms with van der Waals surface area (Å²) < 4.78 is 17.4. The fourth-order valence-electron chi connectivity index (χ4n) is 0.750. The average molecular weight is 156 g/mol. The van der Waals surface area contributed by atoms with Crippen molar-refractivity contribution >= 4 is 5.69 Å². The highest BCUT2D eigenvalue weighted by Crippen LogP contribution is 2.20. The van der Waals surface area contributed by atoms with Gasteiger partial charge < -0.3 is 10.2 Å². The Kier molecular flexibility index (Phi) is 2.28. The molecule has 1 rings (SSSR count). The second kappa shape index (κ2) is 3.21. The molecule has 0 saturated carbocycles. The smallest absolute Gasteiger partial charge is 0.165 e. The Bertz CT molecular complexity index is 252. The van der Waals surface area contributed by atoms with Crippen LogP contribution in [-0.2, 0) is 0 Å². The summed E-state index contributed by atoms with van der Waals surface area (Å²) in [5, 5.41) is 0. The SMILES string of the molecule is COc1cc(NN)ccc1F. The Morgan fingerprint density at radius 3 is 2.82 bits per heavy atom. The molecule has 0 amide bonds. The van der Waals surface area contributed by atoms with Gasteiger partial charge in [-0.1, -0.05) is 0 Å². The molecule has 0 aliphatic rings. The van der Waals surface area contributed by atoms with E-state index in [0.717, 1.165) is 0 Å². The summed E-state index contributed by atoms with van der Waals surface area (Å²) in [7, 11) is 1.40. The number of hydrogen-bond donors (Lipinski definition) is 2. The summed E-state index contributed by atoms with van der Waals surface area (Å²) >= 11 is 0. The van der Waals surface area contributed by atoms with E-state index in [4.69, 9.17) is 10.6 Å². The number of ether oxygens (including phenoxy) is 1. The minimum absolute atomic E-state index is 0.181. The lowest BCUT2D eigenvalue weighted by molar-refractivity contribution is 0.387. The molecule has 0 aliphatic heterocycles. The molecule has 0 heterocycles. The summed E-state index contributed by atoms with van der Waals surface area (Å²) in [6, 6.07) is 4.29. The quantitative estimate of drug-likeness (QED) is 0.498. The zero-order valence-corrected chi connectivity index (χ0v) is 6.10. The van der Waals surface area contributed by atoms with Crippen LogP contribution >= 0.6 is 0 Å². The van der Waals surface area contributed by atoms with Gasteiger partial charge in [-0.05, 0) is 12.1 Å². The number of nitrogens with one attached hydrogen (secondary N) is 1. The molecule has 60 valence electrons. The van der Waals surface area contributed by atoms with Crippen molar-refractivity contribution in [3.05, 3.63) is 24.0 Å². The van der Waals surface area contributed by atoms with E-state index in [-0.39, 0.29) is 5.75 Å². The van der Waals surface area contributed by atoms with Gasteiger partial charge in [-0.2, -0.15) is 0 Å². The number of hydrogen-bond acceptors (Lipinski definition) is 3. The topological polar surface area (TPSA) is 47.3 Å². The average Bonchev–Trinajstić information content (AvgIpc) is 2.05. The van der Waals surface area contributed by atoms with Crippen LogP contribution in [0.3, 0.4) is 0 Å². The Balaban J connectivity index is 3.02. The lowest BCUT2D eigenvalue weighted by Gasteiger charge is -2.03. The van der Waals surface area contributed by atoms with Gasteiger partial charge in [0.15, 0.2) is 11.6 Å². The van der Waals surface area contributed by atoms with Crippen molar-refractivity contribution in [2.75, 3.05) is 12.5 Å². The molecule has 0 saturated heterocycles. The van der Waals surface area contributed by atoms with Crippen molar-refractivity contribution in [3.63, 3.8) is 0 Å². The predicted molar refractivity (Wildman–Crippen MR) is 40.8 cm³/mol. The molecule has 0 spiro atoms. The number of anilines is 1. The van der Waals surface area contributed by atoms with Crippen LogP contribution in [0.4, 0.5) is 10.1 Å². The number of nitrogens with two attached hydrogens (primary N) is 1. The number of rotatable bonds is 2. The van der Waals surface area contributed by atoms with E-state index in [1.165, 1.54) is 25.3 Å². The van der Waals surface area contributed by atoms with E-state index in [1.54, 1.807) is 0 Å². The summed E-state index contributed by atoms with van der Waals surface area (Å²) in [5.74, 6) is 4.88. The second-order valence-corrected chi connectivity index (χ2v) is 1.99. The predicted octanol–water partition coefficient (Wildman–Crippen LogP) is 1.12. The summed E-state index contributed by atoms with van der Waals surface area (Å²) in [5.41, 5.74) is 3.00. The highest BCUT2D eigenvalue weighted by atomic mass is 19.1. The molecule has 4 heteroatoms. The normalized spacial score (nSPS) is 9.36. The minimum atomic E-state index is -0.397. The van der Waals surface area contributed by atoms with Crippen LogP contribution in [-0.4, -0.2) is 7.11 Å². The third-order valence-electron chi connectivity index (χ3n) is 1.32. The Hall–Kier alpha value is -1.29. The van der Waals surface area contributed by atoms with Gasteiger partial charge in [-0.25, -0.2) is 4.39 Å². The van der Waals surface area contributed by atoms with Crippen molar-refractivity contribution < 1.29 is 9.13 Å². The van der Waals surface area contributed by atoms with Crippen LogP contribution in [0.2, 0.25) is 0 Å². The number of methoxy groups -OCH3 is 1. The zero-order valence-electron chi connectivity index (χ0n) is 6.10. The first-order valence-electron chi connectivity index (χ1n) is 3.08. The third kappa shape index (κ3) is 1.59. The molecule has 3 nitrogen and oxygen atoms in total. The number of nitrogen functional groups attached to an aromatic ring is 1. The first-order valence-corrected chi connectivity index (χ1v) is 3.08. The van der Waals surface area contributed by atoms with E-state index in [2.05, 4.69) is 5.43 Å². The van der Waals surface area contributed by atoms with Crippen molar-refractivity contribution in [1.29, 1.82) is 0 Å². The zero-order chi connectivity index (χ0) is 8.27. The molecule has 0 unspecified atom stereocenters. The summed E-state index contributed by atoms with van der Waals surface area (Å²) in [4.78, 5) is 0. The third-order valence-corrected chi connectivity index (χ3v) is 1.32. The minimum Gasteiger partial charge on any atom is -0.494 e. The van der Waals surface area contributed by atoms with Crippen molar-refractivity contribution in [3.8, 4) is 5.75 Å². The lowest BCUT2D eigenvalue weighted by atomic mass is 10.3. The van der Waals surface area contributed by atoms with Gasteiger partial charge in [-0.15, -0.1) is 0 Å². The van der Waals surface area contributed by atoms with E-state index in [0.29, 0.717) is 5.69 Å². The van der Waals surface area contributed by atoms with Gasteiger partial charge in [0, 0.05) is 6.07 Å². The monoisotopic (exact) mass is 156 g/mol. The largest absolute Gasteiger partial charge is 0.494 e. The van der Waals surface area contributed by atoms with Gasteiger partial charge in [0.05, 0.1) is 12.8 Å². The molecule has 3 N–H and O–H groups in total. The van der Waals surface area contributed by atoms with E-state index in [9.17, 15) is 4.39 Å². The van der Waals surface area contributed by atoms with E-state index >= 15 is 0 Å². The Morgan fingerprint density at radius 1 is 1.55 bits per heavy atom. The first-order chi connectivity index (χ1) is 5.27. The standard InChI is InChI=1S/C7H9FN2O/c1-11-7-4-5(10-9)2-3-6(7)8/h2-4,10H,9H2,1H3. The summed E-state index contributed by atoms with van der Waals surface area (Å²) in [6.07, 6.45) is 0. The molecule has 1 aromatic carbocycles. The molecule has 0 aliphatic carbocycles. The van der Waals surface area contributed by atoms with Gasteiger partial charge >= 0.3 is 0 Å². The number of hydrazine groups is 1. The van der Waals surface area contributed by atoms with Crippen LogP contribution in [0.25, 0.3) is 0 Å². The van der Waals surface area contributed by atoms with E-state index < -0.39 is 5.82 Å². The molecular formula is C7H9FN2O. The fourth-order valence-corrected chi connectivity index (χ4v) is 0.750. The molecule has 0 radical (unpaired) electrons. The number of benzene rings is 1. The van der Waals surface area contributed by atoms with Gasteiger partial charge in [0.1, 0.15) is 0 Å². The first kappa shape index (κ1) is 7.81. The molecule has 11 heavy (non-hydrogen) atoms. The molecule has 0 bridgehead atoms. The molecule has 0 aromatic heterocycles. The molecule has 1 aromatic rings. The van der Waals surface area contributed by atoms with Gasteiger partial charge in [0.25, 0.3) is 0 Å². The molecule has 0 atom stereocenters. The van der Waals surface area contributed by atoms with Crippen LogP contribution in [0, 0.1) is 5.82 Å². The van der Waals surface area contributed by atoms with Crippen LogP contribution in [0.15, 0.2) is 18.2 Å². The van der Waals surface area contributed by atoms with Gasteiger partial charge in [0.2, 0.25) is 0 Å². The highest BCUT2D eigenvalue weighted by Gasteiger charge is 2.01. The second-order valence-electron chi connectivity index (χ2n) is 1.99. The Labute approximate surface area is 63.9 Å². The van der Waals surface area contributed by atoms with Crippen molar-refractivity contribution in [2.45, 2.75) is 0 Å². The van der Waals surface area contributed by atoms with Crippen LogP contribution < -0.4 is 16.0 Å². The lowest BCUT2D eigenvalue weighted by Crippen LogP contribution is -2.06. The highest BCUT2D eigenvalue weighted by molar-refractivity contribution is 5.47. The van der Waals surface area contributed by atoms with Crippen molar-refractivity contribution in [1.82, 2.24) is 0 Å². The molecular weight excluding hydrogens is 147 g/mol. The maximum atomic E-state index is 12.7. The van der Waals surface area contributed by atoms with Crippen LogP contribution in [0.5, 0.6) is 5.75 Å². The van der Waals surface area contributed by atoms with Crippen LogP contribution in [0.1, 0.15) is 0 Å². The Morgan fingerprint density at radius 2 is 2.27 bits per heavy atom. The number of halogens is 1. The van der Waals surface area contributed by atoms with E-state index in [1.807, 2.05) is 0 Å². The maximum absolute atomic E-state index is 12.7. The van der Waals surface area contributed by atoms with Gasteiger partial charge in [-0.3, -0.25) is 5.84 Å². The maximum Gasteiger partial charge on any atom is 0.165 e. The summed E-state index contributed by atoms with van der Waals surface area (Å²) in [6.45, 7) is 0.